The number of benzene rings is 1. The first-order valence-corrected chi connectivity index (χ1v) is 8.46. The van der Waals surface area contributed by atoms with E-state index in [0.717, 1.165) is 18.9 Å². The van der Waals surface area contributed by atoms with E-state index in [2.05, 4.69) is 0 Å². The predicted molar refractivity (Wildman–Crippen MR) is 72.5 cm³/mol. The first-order valence-electron chi connectivity index (χ1n) is 5.40. The van der Waals surface area contributed by atoms with Crippen molar-refractivity contribution in [3.05, 3.63) is 27.7 Å². The molecule has 0 unspecified atom stereocenters. The van der Waals surface area contributed by atoms with Gasteiger partial charge in [-0.2, -0.15) is 0 Å². The first-order chi connectivity index (χ1) is 8.79. The lowest BCUT2D eigenvalue weighted by molar-refractivity contribution is 0.0486. The third-order valence-electron chi connectivity index (χ3n) is 2.63. The number of halogens is 3. The van der Waals surface area contributed by atoms with Crippen molar-refractivity contribution < 1.29 is 17.9 Å². The number of rotatable bonds is 4. The topological polar surface area (TPSA) is 60.4 Å². The highest BCUT2D eigenvalue weighted by molar-refractivity contribution is 8.13. The van der Waals surface area contributed by atoms with Gasteiger partial charge < -0.3 is 4.74 Å². The van der Waals surface area contributed by atoms with Crippen LogP contribution in [0.25, 0.3) is 0 Å². The maximum absolute atomic E-state index is 11.8. The highest BCUT2D eigenvalue weighted by atomic mass is 35.7. The second-order valence-corrected chi connectivity index (χ2v) is 7.59. The van der Waals surface area contributed by atoms with Crippen molar-refractivity contribution in [1.29, 1.82) is 0 Å². The van der Waals surface area contributed by atoms with Crippen molar-refractivity contribution in [2.45, 2.75) is 17.7 Å². The molecule has 1 aromatic carbocycles. The molecule has 1 saturated carbocycles. The van der Waals surface area contributed by atoms with Gasteiger partial charge in [0.25, 0.3) is 9.05 Å². The Balaban J connectivity index is 2.33. The molecule has 0 bridgehead atoms. The van der Waals surface area contributed by atoms with Crippen molar-refractivity contribution in [2.75, 3.05) is 6.61 Å². The minimum atomic E-state index is -4.08. The van der Waals surface area contributed by atoms with Gasteiger partial charge in [0, 0.05) is 15.7 Å². The number of hydrogen-bond acceptors (Lipinski definition) is 4. The molecule has 0 radical (unpaired) electrons. The van der Waals surface area contributed by atoms with Crippen LogP contribution in [0.5, 0.6) is 0 Å². The molecule has 0 N–H and O–H groups in total. The lowest BCUT2D eigenvalue weighted by Gasteiger charge is -2.08. The van der Waals surface area contributed by atoms with Crippen LogP contribution in [0.15, 0.2) is 17.0 Å². The highest BCUT2D eigenvalue weighted by Crippen LogP contribution is 2.33. The fourth-order valence-electron chi connectivity index (χ4n) is 1.45. The van der Waals surface area contributed by atoms with Gasteiger partial charge in [-0.3, -0.25) is 0 Å². The molecule has 0 aromatic heterocycles. The summed E-state index contributed by atoms with van der Waals surface area (Å²) in [4.78, 5) is 11.4. The van der Waals surface area contributed by atoms with Crippen molar-refractivity contribution in [1.82, 2.24) is 0 Å². The molecule has 0 heterocycles. The van der Waals surface area contributed by atoms with Gasteiger partial charge in [-0.25, -0.2) is 13.2 Å². The molecule has 0 saturated heterocycles. The Labute approximate surface area is 125 Å². The summed E-state index contributed by atoms with van der Waals surface area (Å²) in [7, 11) is 1.14. The third-order valence-corrected chi connectivity index (χ3v) is 4.72. The molecule has 0 spiro atoms. The fraction of sp³-hybridized carbons (Fsp3) is 0.364. The normalized spacial score (nSPS) is 15.3. The largest absolute Gasteiger partial charge is 0.462 e. The summed E-state index contributed by atoms with van der Waals surface area (Å²) in [6, 6.07) is 2.34. The van der Waals surface area contributed by atoms with Gasteiger partial charge in [-0.1, -0.05) is 23.2 Å². The van der Waals surface area contributed by atoms with Crippen LogP contribution in [0.3, 0.4) is 0 Å². The summed E-state index contributed by atoms with van der Waals surface area (Å²) >= 11 is 11.6. The molecule has 1 aliphatic carbocycles. The minimum absolute atomic E-state index is 0.0435. The zero-order valence-corrected chi connectivity index (χ0v) is 12.6. The van der Waals surface area contributed by atoms with E-state index in [9.17, 15) is 13.2 Å². The van der Waals surface area contributed by atoms with E-state index in [1.54, 1.807) is 0 Å². The minimum Gasteiger partial charge on any atom is -0.462 e. The highest BCUT2D eigenvalue weighted by Gasteiger charge is 2.26. The van der Waals surface area contributed by atoms with E-state index in [1.807, 2.05) is 0 Å². The molecular formula is C11H9Cl3O4S. The van der Waals surface area contributed by atoms with Crippen molar-refractivity contribution in [2.24, 2.45) is 5.92 Å². The van der Waals surface area contributed by atoms with Crippen LogP contribution in [0, 0.1) is 5.92 Å². The second-order valence-electron chi connectivity index (χ2n) is 4.25. The van der Waals surface area contributed by atoms with Gasteiger partial charge in [0.1, 0.15) is 4.90 Å². The average Bonchev–Trinajstić information content (AvgIpc) is 3.11. The Kier molecular flexibility index (Phi) is 4.30. The second kappa shape index (κ2) is 5.48. The summed E-state index contributed by atoms with van der Waals surface area (Å²) in [5.74, 6) is -0.320. The number of carbonyl (C=O) groups excluding carboxylic acids is 1. The maximum Gasteiger partial charge on any atom is 0.339 e. The van der Waals surface area contributed by atoms with Crippen LogP contribution in [0.1, 0.15) is 23.2 Å². The number of carbonyl (C=O) groups is 1. The monoisotopic (exact) mass is 342 g/mol. The Hall–Kier alpha value is -0.490. The molecule has 0 aliphatic heterocycles. The number of hydrogen-bond donors (Lipinski definition) is 0. The smallest absolute Gasteiger partial charge is 0.339 e. The number of esters is 1. The molecule has 1 fully saturated rings. The SMILES string of the molecule is O=C(OCC1CC1)c1cc(Cl)cc(S(=O)(=O)Cl)c1Cl. The third kappa shape index (κ3) is 3.75. The molecule has 1 aromatic rings. The molecule has 0 atom stereocenters. The van der Waals surface area contributed by atoms with Gasteiger partial charge in [0.15, 0.2) is 0 Å². The Morgan fingerprint density at radius 3 is 2.47 bits per heavy atom. The summed E-state index contributed by atoms with van der Waals surface area (Å²) in [5.41, 5.74) is -0.103. The van der Waals surface area contributed by atoms with Crippen molar-refractivity contribution in [3.8, 4) is 0 Å². The lowest BCUT2D eigenvalue weighted by atomic mass is 10.2. The summed E-state index contributed by atoms with van der Waals surface area (Å²) < 4.78 is 27.7. The zero-order chi connectivity index (χ0) is 14.2. The predicted octanol–water partition coefficient (Wildman–Crippen LogP) is 3.49. The van der Waals surface area contributed by atoms with Crippen LogP contribution in [-0.4, -0.2) is 21.0 Å². The zero-order valence-electron chi connectivity index (χ0n) is 9.53. The van der Waals surface area contributed by atoms with Gasteiger partial charge in [-0.05, 0) is 30.9 Å². The molecule has 8 heteroatoms. The molecular weight excluding hydrogens is 335 g/mol. The Bertz CT molecular complexity index is 623. The molecule has 0 amide bonds. The first kappa shape index (κ1) is 14.9. The fourth-order valence-corrected chi connectivity index (χ4v) is 3.30. The van der Waals surface area contributed by atoms with E-state index in [4.69, 9.17) is 38.6 Å². The quantitative estimate of drug-likeness (QED) is 0.620. The summed E-state index contributed by atoms with van der Waals surface area (Å²) in [6.07, 6.45) is 2.05. The molecule has 1 aliphatic rings. The van der Waals surface area contributed by atoms with Crippen LogP contribution >= 0.6 is 33.9 Å². The van der Waals surface area contributed by atoms with E-state index in [0.29, 0.717) is 12.5 Å². The van der Waals surface area contributed by atoms with Crippen molar-refractivity contribution in [3.63, 3.8) is 0 Å². The Morgan fingerprint density at radius 1 is 1.32 bits per heavy atom. The summed E-state index contributed by atoms with van der Waals surface area (Å²) in [5, 5.41) is -0.234. The van der Waals surface area contributed by atoms with Crippen LogP contribution in [0.2, 0.25) is 10.0 Å². The van der Waals surface area contributed by atoms with Gasteiger partial charge in [-0.15, -0.1) is 0 Å². The van der Waals surface area contributed by atoms with Gasteiger partial charge in [0.2, 0.25) is 0 Å². The molecule has 2 rings (SSSR count). The van der Waals surface area contributed by atoms with Crippen LogP contribution in [-0.2, 0) is 13.8 Å². The van der Waals surface area contributed by atoms with Gasteiger partial charge in [0.05, 0.1) is 17.2 Å². The van der Waals surface area contributed by atoms with Crippen molar-refractivity contribution >= 4 is 48.9 Å². The Morgan fingerprint density at radius 2 is 1.95 bits per heavy atom. The van der Waals surface area contributed by atoms with Gasteiger partial charge >= 0.3 is 5.97 Å². The van der Waals surface area contributed by atoms with E-state index in [1.165, 1.54) is 6.07 Å². The maximum atomic E-state index is 11.8. The van der Waals surface area contributed by atoms with E-state index in [-0.39, 0.29) is 15.6 Å². The number of ether oxygens (including phenoxy) is 1. The van der Waals surface area contributed by atoms with Crippen LogP contribution < -0.4 is 0 Å². The average molecular weight is 344 g/mol. The van der Waals surface area contributed by atoms with Crippen LogP contribution in [0.4, 0.5) is 0 Å². The molecule has 104 valence electrons. The van der Waals surface area contributed by atoms with E-state index < -0.39 is 19.9 Å². The molecule has 19 heavy (non-hydrogen) atoms. The lowest BCUT2D eigenvalue weighted by Crippen LogP contribution is -2.09. The standard InChI is InChI=1S/C11H9Cl3O4S/c12-7-3-8(11(15)18-5-6-1-2-6)10(13)9(4-7)19(14,16)17/h3-4,6H,1-2,5H2. The van der Waals surface area contributed by atoms with E-state index >= 15 is 0 Å². The molecule has 4 nitrogen and oxygen atoms in total. The summed E-state index contributed by atoms with van der Waals surface area (Å²) in [6.45, 7) is 0.296.